The molecule has 0 aliphatic heterocycles. The lowest BCUT2D eigenvalue weighted by atomic mass is 10.1. The van der Waals surface area contributed by atoms with Gasteiger partial charge in [0, 0.05) is 5.56 Å². The van der Waals surface area contributed by atoms with Gasteiger partial charge in [-0.25, -0.2) is 0 Å². The third-order valence-electron chi connectivity index (χ3n) is 3.56. The molecular weight excluding hydrogens is 360 g/mol. The number of hydrogen-bond acceptors (Lipinski definition) is 6. The van der Waals surface area contributed by atoms with Crippen LogP contribution in [0.25, 0.3) is 0 Å². The predicted molar refractivity (Wildman–Crippen MR) is 105 cm³/mol. The van der Waals surface area contributed by atoms with Crippen LogP contribution < -0.4 is 0 Å². The van der Waals surface area contributed by atoms with Crippen LogP contribution in [-0.2, 0) is 19.1 Å². The molecule has 0 saturated carbocycles. The lowest BCUT2D eigenvalue weighted by molar-refractivity contribution is -0.145. The van der Waals surface area contributed by atoms with Crippen LogP contribution >= 0.6 is 0 Å². The molecule has 2 rings (SSSR count). The molecule has 1 N–H and O–H groups in total. The number of rotatable bonds is 8. The van der Waals surface area contributed by atoms with Gasteiger partial charge >= 0.3 is 11.9 Å². The van der Waals surface area contributed by atoms with Crippen molar-refractivity contribution in [3.8, 4) is 0 Å². The van der Waals surface area contributed by atoms with Crippen LogP contribution in [0.4, 0.5) is 0 Å². The van der Waals surface area contributed by atoms with E-state index in [1.807, 2.05) is 24.3 Å². The molecule has 150 valence electrons. The topological polar surface area (TPSA) is 89.9 Å². The van der Waals surface area contributed by atoms with Gasteiger partial charge in [0.2, 0.25) is 0 Å². The van der Waals surface area contributed by atoms with Crippen molar-refractivity contribution < 1.29 is 29.0 Å². The Morgan fingerprint density at radius 2 is 1.32 bits per heavy atom. The second kappa shape index (κ2) is 13.2. The highest BCUT2D eigenvalue weighted by molar-refractivity contribution is 6.05. The van der Waals surface area contributed by atoms with Crippen molar-refractivity contribution in [2.45, 2.75) is 32.8 Å². The number of esters is 2. The highest BCUT2D eigenvalue weighted by Crippen LogP contribution is 2.16. The van der Waals surface area contributed by atoms with E-state index in [1.165, 1.54) is 0 Å². The fourth-order valence-electron chi connectivity index (χ4n) is 2.24. The number of carbonyl (C=O) groups excluding carboxylic acids is 3. The van der Waals surface area contributed by atoms with Gasteiger partial charge in [0.05, 0.1) is 25.7 Å². The molecule has 6 nitrogen and oxygen atoms in total. The van der Waals surface area contributed by atoms with E-state index >= 15 is 0 Å². The summed E-state index contributed by atoms with van der Waals surface area (Å²) in [7, 11) is 0. The summed E-state index contributed by atoms with van der Waals surface area (Å²) >= 11 is 0. The molecule has 0 unspecified atom stereocenters. The minimum Gasteiger partial charge on any atom is -0.466 e. The molecule has 1 atom stereocenters. The SMILES string of the molecule is CCOC(=O)CC(=O)c1ccccc1.CCOC(=O)C[C@H](O)c1ccccc1. The van der Waals surface area contributed by atoms with Gasteiger partial charge in [-0.15, -0.1) is 0 Å². The normalized spacial score (nSPS) is 10.8. The third-order valence-corrected chi connectivity index (χ3v) is 3.56. The summed E-state index contributed by atoms with van der Waals surface area (Å²) in [5.41, 5.74) is 1.28. The number of ketones is 1. The first-order valence-electron chi connectivity index (χ1n) is 9.10. The van der Waals surface area contributed by atoms with Crippen molar-refractivity contribution in [1.29, 1.82) is 0 Å². The lowest BCUT2D eigenvalue weighted by Crippen LogP contribution is -2.11. The zero-order valence-corrected chi connectivity index (χ0v) is 16.2. The van der Waals surface area contributed by atoms with Gasteiger partial charge < -0.3 is 14.6 Å². The molecule has 0 spiro atoms. The number of aliphatic hydroxyl groups excluding tert-OH is 1. The Balaban J connectivity index is 0.000000280. The second-order valence-corrected chi connectivity index (χ2v) is 5.71. The molecule has 2 aromatic carbocycles. The summed E-state index contributed by atoms with van der Waals surface area (Å²) in [4.78, 5) is 33.5. The molecule has 0 heterocycles. The van der Waals surface area contributed by atoms with Gasteiger partial charge in [0.1, 0.15) is 6.42 Å². The molecular formula is C22H26O6. The Bertz CT molecular complexity index is 727. The number of Topliss-reactive ketones (excluding diaryl/α,β-unsaturated/α-hetero) is 1. The maximum atomic E-state index is 11.4. The number of ether oxygens (including phenoxy) is 2. The van der Waals surface area contributed by atoms with Crippen molar-refractivity contribution in [3.05, 3.63) is 71.8 Å². The average Bonchev–Trinajstić information content (AvgIpc) is 2.70. The quantitative estimate of drug-likeness (QED) is 0.424. The van der Waals surface area contributed by atoms with Crippen molar-refractivity contribution in [1.82, 2.24) is 0 Å². The van der Waals surface area contributed by atoms with Gasteiger partial charge in [-0.05, 0) is 19.4 Å². The molecule has 2 aromatic rings. The highest BCUT2D eigenvalue weighted by atomic mass is 16.5. The fourth-order valence-corrected chi connectivity index (χ4v) is 2.24. The van der Waals surface area contributed by atoms with Gasteiger partial charge in [-0.1, -0.05) is 60.7 Å². The Morgan fingerprint density at radius 3 is 1.86 bits per heavy atom. The van der Waals surface area contributed by atoms with Gasteiger partial charge in [0.15, 0.2) is 5.78 Å². The molecule has 6 heteroatoms. The largest absolute Gasteiger partial charge is 0.466 e. The van der Waals surface area contributed by atoms with Crippen LogP contribution in [0.15, 0.2) is 60.7 Å². The van der Waals surface area contributed by atoms with Gasteiger partial charge in [0.25, 0.3) is 0 Å². The maximum absolute atomic E-state index is 11.4. The first-order chi connectivity index (χ1) is 13.5. The summed E-state index contributed by atoms with van der Waals surface area (Å²) in [6.45, 7) is 4.11. The molecule has 0 saturated heterocycles. The first kappa shape index (κ1) is 23.0. The van der Waals surface area contributed by atoms with E-state index in [4.69, 9.17) is 4.74 Å². The van der Waals surface area contributed by atoms with Crippen molar-refractivity contribution in [2.24, 2.45) is 0 Å². The summed E-state index contributed by atoms with van der Waals surface area (Å²) in [6, 6.07) is 17.8. The predicted octanol–water partition coefficient (Wildman–Crippen LogP) is 3.50. The molecule has 0 aliphatic rings. The van der Waals surface area contributed by atoms with Crippen molar-refractivity contribution in [2.75, 3.05) is 13.2 Å². The number of hydrogen-bond donors (Lipinski definition) is 1. The zero-order chi connectivity index (χ0) is 20.8. The molecule has 0 fully saturated rings. The van der Waals surface area contributed by atoms with E-state index in [9.17, 15) is 19.5 Å². The van der Waals surface area contributed by atoms with E-state index in [0.29, 0.717) is 18.8 Å². The second-order valence-electron chi connectivity index (χ2n) is 5.71. The van der Waals surface area contributed by atoms with Crippen LogP contribution in [0.5, 0.6) is 0 Å². The van der Waals surface area contributed by atoms with Gasteiger partial charge in [-0.3, -0.25) is 14.4 Å². The monoisotopic (exact) mass is 386 g/mol. The number of aliphatic hydroxyl groups is 1. The minimum atomic E-state index is -0.768. The maximum Gasteiger partial charge on any atom is 0.313 e. The zero-order valence-electron chi connectivity index (χ0n) is 16.2. The van der Waals surface area contributed by atoms with E-state index in [-0.39, 0.29) is 24.6 Å². The van der Waals surface area contributed by atoms with Crippen molar-refractivity contribution in [3.63, 3.8) is 0 Å². The Kier molecular flexibility index (Phi) is 10.9. The molecule has 0 aromatic heterocycles. The summed E-state index contributed by atoms with van der Waals surface area (Å²) in [5.74, 6) is -1.05. The Hall–Kier alpha value is -2.99. The fraction of sp³-hybridized carbons (Fsp3) is 0.318. The smallest absolute Gasteiger partial charge is 0.313 e. The number of carbonyl (C=O) groups is 3. The molecule has 0 aliphatic carbocycles. The first-order valence-corrected chi connectivity index (χ1v) is 9.10. The number of benzene rings is 2. The average molecular weight is 386 g/mol. The van der Waals surface area contributed by atoms with E-state index in [1.54, 1.807) is 50.2 Å². The summed E-state index contributed by atoms with van der Waals surface area (Å²) in [5, 5.41) is 9.62. The van der Waals surface area contributed by atoms with Crippen LogP contribution in [0.3, 0.4) is 0 Å². The van der Waals surface area contributed by atoms with Crippen molar-refractivity contribution >= 4 is 17.7 Å². The molecule has 0 amide bonds. The van der Waals surface area contributed by atoms with Crippen LogP contribution in [0.1, 0.15) is 48.7 Å². The summed E-state index contributed by atoms with van der Waals surface area (Å²) in [6.07, 6.45) is -0.939. The van der Waals surface area contributed by atoms with Crippen LogP contribution in [0, 0.1) is 0 Å². The van der Waals surface area contributed by atoms with Gasteiger partial charge in [-0.2, -0.15) is 0 Å². The Labute approximate surface area is 165 Å². The molecule has 0 radical (unpaired) electrons. The van der Waals surface area contributed by atoms with Crippen LogP contribution in [-0.4, -0.2) is 36.0 Å². The lowest BCUT2D eigenvalue weighted by Gasteiger charge is -2.09. The molecule has 0 bridgehead atoms. The Morgan fingerprint density at radius 1 is 0.821 bits per heavy atom. The highest BCUT2D eigenvalue weighted by Gasteiger charge is 2.13. The molecule has 28 heavy (non-hydrogen) atoms. The third kappa shape index (κ3) is 9.09. The van der Waals surface area contributed by atoms with E-state index in [0.717, 1.165) is 5.56 Å². The minimum absolute atomic E-state index is 0.0118. The van der Waals surface area contributed by atoms with Crippen LogP contribution in [0.2, 0.25) is 0 Å². The summed E-state index contributed by atoms with van der Waals surface area (Å²) < 4.78 is 9.41. The van der Waals surface area contributed by atoms with E-state index in [2.05, 4.69) is 4.74 Å². The van der Waals surface area contributed by atoms with E-state index < -0.39 is 12.1 Å². The standard InChI is InChI=1S/C11H14O3.C11H12O3/c2*1-2-14-11(13)8-10(12)9-6-4-3-5-7-9/h3-7,10,12H,2,8H2,1H3;3-7H,2,8H2,1H3/t10-;/m0./s1.